The molecule has 0 saturated carbocycles. The summed E-state index contributed by atoms with van der Waals surface area (Å²) in [4.78, 5) is 26.1. The first-order chi connectivity index (χ1) is 12.2. The molecule has 2 aliphatic heterocycles. The molecule has 5 nitrogen and oxygen atoms in total. The van der Waals surface area contributed by atoms with E-state index in [1.807, 2.05) is 30.3 Å². The van der Waals surface area contributed by atoms with Crippen molar-refractivity contribution in [3.8, 4) is 11.5 Å². The summed E-state index contributed by atoms with van der Waals surface area (Å²) in [6.45, 7) is 1.36. The molecule has 25 heavy (non-hydrogen) atoms. The van der Waals surface area contributed by atoms with Gasteiger partial charge in [0.2, 0.25) is 0 Å². The lowest BCUT2D eigenvalue weighted by Crippen LogP contribution is -2.31. The van der Waals surface area contributed by atoms with Gasteiger partial charge in [0.1, 0.15) is 24.2 Å². The van der Waals surface area contributed by atoms with E-state index in [1.54, 1.807) is 23.1 Å². The van der Waals surface area contributed by atoms with Gasteiger partial charge >= 0.3 is 0 Å². The van der Waals surface area contributed by atoms with Crippen molar-refractivity contribution in [2.24, 2.45) is 0 Å². The zero-order valence-electron chi connectivity index (χ0n) is 13.8. The number of fused-ring (bicyclic) bond motifs is 1. The number of ketones is 1. The minimum absolute atomic E-state index is 0.00823. The number of hydrogen-bond acceptors (Lipinski definition) is 4. The summed E-state index contributed by atoms with van der Waals surface area (Å²) in [6, 6.07) is 15.0. The number of rotatable bonds is 3. The summed E-state index contributed by atoms with van der Waals surface area (Å²) in [5, 5.41) is 0. The Hall–Kier alpha value is -2.82. The number of ether oxygens (including phenoxy) is 2. The smallest absolute Gasteiger partial charge is 0.253 e. The van der Waals surface area contributed by atoms with Gasteiger partial charge in [0, 0.05) is 30.5 Å². The molecule has 0 bridgehead atoms. The number of nitrogens with zero attached hydrogens (tertiary/aromatic N) is 1. The minimum atomic E-state index is -0.0278. The van der Waals surface area contributed by atoms with Gasteiger partial charge in [0.25, 0.3) is 5.91 Å². The topological polar surface area (TPSA) is 55.8 Å². The average molecular weight is 337 g/mol. The normalized spacial score (nSPS) is 19.3. The Bertz CT molecular complexity index is 803. The van der Waals surface area contributed by atoms with E-state index in [9.17, 15) is 9.59 Å². The van der Waals surface area contributed by atoms with Crippen molar-refractivity contribution in [2.45, 2.75) is 18.9 Å². The zero-order valence-corrected chi connectivity index (χ0v) is 13.8. The lowest BCUT2D eigenvalue weighted by atomic mass is 10.0. The molecule has 0 aliphatic carbocycles. The molecular weight excluding hydrogens is 318 g/mol. The van der Waals surface area contributed by atoms with Crippen LogP contribution in [0.4, 0.5) is 0 Å². The molecule has 2 aromatic rings. The van der Waals surface area contributed by atoms with Gasteiger partial charge in [-0.05, 0) is 30.3 Å². The van der Waals surface area contributed by atoms with Crippen LogP contribution in [0, 0.1) is 0 Å². The van der Waals surface area contributed by atoms with E-state index in [0.717, 1.165) is 17.7 Å². The lowest BCUT2D eigenvalue weighted by Gasteiger charge is -2.20. The van der Waals surface area contributed by atoms with E-state index >= 15 is 0 Å². The molecule has 128 valence electrons. The second-order valence-corrected chi connectivity index (χ2v) is 6.42. The van der Waals surface area contributed by atoms with Crippen LogP contribution in [0.1, 0.15) is 22.3 Å². The van der Waals surface area contributed by atoms with Gasteiger partial charge in [0.15, 0.2) is 5.78 Å². The number of carbonyl (C=O) groups is 2. The summed E-state index contributed by atoms with van der Waals surface area (Å²) in [5.74, 6) is 1.53. The molecule has 1 saturated heterocycles. The van der Waals surface area contributed by atoms with E-state index in [1.165, 1.54) is 0 Å². The van der Waals surface area contributed by atoms with Crippen LogP contribution >= 0.6 is 0 Å². The van der Waals surface area contributed by atoms with Crippen molar-refractivity contribution >= 4 is 11.7 Å². The molecule has 0 radical (unpaired) electrons. The fourth-order valence-electron chi connectivity index (χ4n) is 3.30. The molecular formula is C20H19NO4. The summed E-state index contributed by atoms with van der Waals surface area (Å²) < 4.78 is 11.3. The van der Waals surface area contributed by atoms with E-state index in [2.05, 4.69) is 0 Å². The molecule has 2 aliphatic rings. The zero-order chi connectivity index (χ0) is 17.2. The maximum Gasteiger partial charge on any atom is 0.253 e. The van der Waals surface area contributed by atoms with E-state index in [4.69, 9.17) is 9.47 Å². The van der Waals surface area contributed by atoms with Crippen LogP contribution in [0.3, 0.4) is 0 Å². The van der Waals surface area contributed by atoms with Gasteiger partial charge in [-0.15, -0.1) is 0 Å². The van der Waals surface area contributed by atoms with Crippen LogP contribution in [0.15, 0.2) is 48.5 Å². The van der Waals surface area contributed by atoms with Gasteiger partial charge in [-0.1, -0.05) is 18.2 Å². The van der Waals surface area contributed by atoms with Crippen LogP contribution in [-0.4, -0.2) is 42.4 Å². The molecule has 0 N–H and O–H groups in total. The maximum absolute atomic E-state index is 12.8. The molecule has 1 unspecified atom stereocenters. The highest BCUT2D eigenvalue weighted by atomic mass is 16.5. The third-order valence-corrected chi connectivity index (χ3v) is 4.56. The van der Waals surface area contributed by atoms with Gasteiger partial charge in [-0.25, -0.2) is 0 Å². The van der Waals surface area contributed by atoms with Crippen molar-refractivity contribution in [3.63, 3.8) is 0 Å². The van der Waals surface area contributed by atoms with Crippen molar-refractivity contribution in [2.75, 3.05) is 19.7 Å². The minimum Gasteiger partial charge on any atom is -0.489 e. The number of Topliss-reactive ketones (excluding diaryl/α,β-unsaturated/α-hetero) is 1. The molecule has 5 heteroatoms. The molecule has 2 heterocycles. The Balaban J connectivity index is 1.43. The fraction of sp³-hybridized carbons (Fsp3) is 0.300. The predicted octanol–water partition coefficient (Wildman–Crippen LogP) is 2.48. The Morgan fingerprint density at radius 2 is 2.00 bits per heavy atom. The molecule has 0 spiro atoms. The number of amides is 1. The van der Waals surface area contributed by atoms with Crippen molar-refractivity contribution in [1.82, 2.24) is 4.90 Å². The number of hydrogen-bond donors (Lipinski definition) is 0. The first-order valence-corrected chi connectivity index (χ1v) is 8.47. The van der Waals surface area contributed by atoms with Crippen LogP contribution in [0.5, 0.6) is 11.5 Å². The Labute approximate surface area is 146 Å². The molecule has 1 atom stereocenters. The monoisotopic (exact) mass is 337 g/mol. The number of carbonyl (C=O) groups excluding carboxylic acids is 2. The summed E-state index contributed by atoms with van der Waals surface area (Å²) >= 11 is 0. The Kier molecular flexibility index (Phi) is 4.14. The largest absolute Gasteiger partial charge is 0.489 e. The standard InChI is InChI=1S/C20H19NO4/c22-16-11-15-10-14(6-7-19(15)24-13-16)20(23)21-9-8-18(12-21)25-17-4-2-1-3-5-17/h1-7,10,18H,8-9,11-13H2. The van der Waals surface area contributed by atoms with Crippen LogP contribution in [0.2, 0.25) is 0 Å². The number of benzene rings is 2. The van der Waals surface area contributed by atoms with Crippen LogP contribution in [-0.2, 0) is 11.2 Å². The van der Waals surface area contributed by atoms with Gasteiger partial charge in [0.05, 0.1) is 6.54 Å². The molecule has 2 aromatic carbocycles. The summed E-state index contributed by atoms with van der Waals surface area (Å²) in [6.07, 6.45) is 1.15. The quantitative estimate of drug-likeness (QED) is 0.863. The Morgan fingerprint density at radius 1 is 1.16 bits per heavy atom. The molecule has 4 rings (SSSR count). The number of likely N-dealkylation sites (tertiary alicyclic amines) is 1. The maximum atomic E-state index is 12.8. The predicted molar refractivity (Wildman–Crippen MR) is 92.0 cm³/mol. The van der Waals surface area contributed by atoms with E-state index in [0.29, 0.717) is 30.8 Å². The fourth-order valence-corrected chi connectivity index (χ4v) is 3.30. The second kappa shape index (κ2) is 6.59. The van der Waals surface area contributed by atoms with Crippen LogP contribution < -0.4 is 9.47 Å². The highest BCUT2D eigenvalue weighted by Crippen LogP contribution is 2.26. The van der Waals surface area contributed by atoms with E-state index < -0.39 is 0 Å². The van der Waals surface area contributed by atoms with Crippen molar-refractivity contribution in [1.29, 1.82) is 0 Å². The van der Waals surface area contributed by atoms with E-state index in [-0.39, 0.29) is 24.4 Å². The third kappa shape index (κ3) is 3.36. The molecule has 1 amide bonds. The van der Waals surface area contributed by atoms with Crippen molar-refractivity contribution in [3.05, 3.63) is 59.7 Å². The first kappa shape index (κ1) is 15.7. The van der Waals surface area contributed by atoms with Gasteiger partial charge in [-0.3, -0.25) is 9.59 Å². The first-order valence-electron chi connectivity index (χ1n) is 8.47. The SMILES string of the molecule is O=C1COc2ccc(C(=O)N3CCC(Oc4ccccc4)C3)cc2C1. The highest BCUT2D eigenvalue weighted by Gasteiger charge is 2.29. The molecule has 0 aromatic heterocycles. The average Bonchev–Trinajstić information content (AvgIpc) is 3.09. The highest BCUT2D eigenvalue weighted by molar-refractivity contribution is 5.95. The van der Waals surface area contributed by atoms with Gasteiger partial charge < -0.3 is 14.4 Å². The number of para-hydroxylation sites is 1. The third-order valence-electron chi connectivity index (χ3n) is 4.56. The van der Waals surface area contributed by atoms with Crippen LogP contribution in [0.25, 0.3) is 0 Å². The lowest BCUT2D eigenvalue weighted by molar-refractivity contribution is -0.121. The van der Waals surface area contributed by atoms with Gasteiger partial charge in [-0.2, -0.15) is 0 Å². The molecule has 1 fully saturated rings. The second-order valence-electron chi connectivity index (χ2n) is 6.42. The summed E-state index contributed by atoms with van der Waals surface area (Å²) in [7, 11) is 0. The summed E-state index contributed by atoms with van der Waals surface area (Å²) in [5.41, 5.74) is 1.38. The Morgan fingerprint density at radius 3 is 2.84 bits per heavy atom. The van der Waals surface area contributed by atoms with Crippen molar-refractivity contribution < 1.29 is 19.1 Å².